The van der Waals surface area contributed by atoms with Crippen LogP contribution in [0.2, 0.25) is 0 Å². The lowest BCUT2D eigenvalue weighted by atomic mass is 10.2. The number of benzene rings is 1. The number of nitrogens with zero attached hydrogens (tertiary/aromatic N) is 3. The predicted molar refractivity (Wildman–Crippen MR) is 57.4 cm³/mol. The van der Waals surface area contributed by atoms with Crippen LogP contribution in [0.1, 0.15) is 10.6 Å². The van der Waals surface area contributed by atoms with Crippen molar-refractivity contribution in [3.63, 3.8) is 0 Å². The second kappa shape index (κ2) is 4.57. The van der Waals surface area contributed by atoms with Crippen molar-refractivity contribution in [2.75, 3.05) is 5.32 Å². The van der Waals surface area contributed by atoms with Gasteiger partial charge in [-0.25, -0.2) is 9.37 Å². The minimum Gasteiger partial charge on any atom is -0.313 e. The van der Waals surface area contributed by atoms with Crippen molar-refractivity contribution in [1.29, 1.82) is 0 Å². The normalized spacial score (nSPS) is 10.1. The molecule has 0 atom stereocenters. The van der Waals surface area contributed by atoms with Crippen LogP contribution in [-0.4, -0.2) is 26.0 Å². The number of carbonyl (C=O) groups excluding carboxylic acids is 1. The van der Waals surface area contributed by atoms with Crippen LogP contribution in [-0.2, 0) is 0 Å². The summed E-state index contributed by atoms with van der Waals surface area (Å²) in [5, 5.41) is 18.6. The number of carbonyl (C=O) groups is 1. The predicted octanol–water partition coefficient (Wildman–Crippen LogP) is 1.10. The number of amides is 1. The molecule has 1 aromatic carbocycles. The van der Waals surface area contributed by atoms with Gasteiger partial charge < -0.3 is 5.32 Å². The van der Waals surface area contributed by atoms with E-state index in [4.69, 9.17) is 0 Å². The Morgan fingerprint density at radius 3 is 2.89 bits per heavy atom. The lowest BCUT2D eigenvalue weighted by Gasteiger charge is -2.03. The van der Waals surface area contributed by atoms with Crippen molar-refractivity contribution in [2.45, 2.75) is 0 Å². The van der Waals surface area contributed by atoms with Crippen LogP contribution in [0.4, 0.5) is 15.8 Å². The molecule has 0 radical (unpaired) electrons. The fraction of sp³-hybridized carbons (Fsp3) is 0. The van der Waals surface area contributed by atoms with E-state index in [2.05, 4.69) is 20.5 Å². The topological polar surface area (TPSA) is 114 Å². The Labute approximate surface area is 99.0 Å². The zero-order valence-corrected chi connectivity index (χ0v) is 8.75. The van der Waals surface area contributed by atoms with Gasteiger partial charge in [-0.05, 0) is 6.07 Å². The van der Waals surface area contributed by atoms with E-state index in [1.807, 2.05) is 0 Å². The number of H-pyrrole nitrogens is 1. The molecule has 0 saturated heterocycles. The first kappa shape index (κ1) is 11.6. The lowest BCUT2D eigenvalue weighted by molar-refractivity contribution is -0.384. The van der Waals surface area contributed by atoms with Crippen LogP contribution in [0.3, 0.4) is 0 Å². The Balaban J connectivity index is 2.31. The van der Waals surface area contributed by atoms with E-state index >= 15 is 0 Å². The average Bonchev–Trinajstić information content (AvgIpc) is 2.81. The molecule has 8 nitrogen and oxygen atoms in total. The third kappa shape index (κ3) is 2.29. The zero-order valence-electron chi connectivity index (χ0n) is 8.75. The van der Waals surface area contributed by atoms with Crippen molar-refractivity contribution >= 4 is 17.3 Å². The molecular formula is C9H6FN5O3. The second-order valence-electron chi connectivity index (χ2n) is 3.21. The first-order chi connectivity index (χ1) is 8.58. The van der Waals surface area contributed by atoms with Gasteiger partial charge in [0, 0.05) is 12.1 Å². The summed E-state index contributed by atoms with van der Waals surface area (Å²) in [5.74, 6) is -1.58. The van der Waals surface area contributed by atoms with Gasteiger partial charge in [-0.2, -0.15) is 5.10 Å². The Bertz CT molecular complexity index is 598. The fourth-order valence-electron chi connectivity index (χ4n) is 1.26. The van der Waals surface area contributed by atoms with Gasteiger partial charge in [0.25, 0.3) is 11.6 Å². The van der Waals surface area contributed by atoms with Crippen LogP contribution in [0, 0.1) is 15.9 Å². The van der Waals surface area contributed by atoms with E-state index in [1.165, 1.54) is 0 Å². The van der Waals surface area contributed by atoms with E-state index in [0.29, 0.717) is 0 Å². The Morgan fingerprint density at radius 1 is 1.50 bits per heavy atom. The number of nitrogens with one attached hydrogen (secondary N) is 2. The summed E-state index contributed by atoms with van der Waals surface area (Å²) in [6.07, 6.45) is 1.11. The van der Waals surface area contributed by atoms with Crippen LogP contribution in [0.15, 0.2) is 24.5 Å². The number of rotatable bonds is 3. The summed E-state index contributed by atoms with van der Waals surface area (Å²) in [6, 6.07) is 2.75. The molecule has 1 amide bonds. The number of anilines is 1. The lowest BCUT2D eigenvalue weighted by Crippen LogP contribution is -2.15. The minimum atomic E-state index is -0.749. The van der Waals surface area contributed by atoms with Crippen molar-refractivity contribution in [1.82, 2.24) is 15.2 Å². The molecule has 18 heavy (non-hydrogen) atoms. The van der Waals surface area contributed by atoms with Crippen LogP contribution in [0.5, 0.6) is 0 Å². The van der Waals surface area contributed by atoms with Gasteiger partial charge in [0.15, 0.2) is 0 Å². The van der Waals surface area contributed by atoms with Gasteiger partial charge in [-0.15, -0.1) is 0 Å². The minimum absolute atomic E-state index is 0.131. The molecule has 1 aromatic heterocycles. The second-order valence-corrected chi connectivity index (χ2v) is 3.21. The SMILES string of the molecule is O=C(Nc1cc(F)ccc1[N+](=O)[O-])c1ncn[nH]1. The Hall–Kier alpha value is -2.84. The molecule has 0 bridgehead atoms. The van der Waals surface area contributed by atoms with Crippen molar-refractivity contribution in [2.24, 2.45) is 0 Å². The van der Waals surface area contributed by atoms with Gasteiger partial charge in [-0.1, -0.05) is 0 Å². The number of nitro benzene ring substituents is 1. The van der Waals surface area contributed by atoms with E-state index in [9.17, 15) is 19.3 Å². The first-order valence-corrected chi connectivity index (χ1v) is 4.68. The summed E-state index contributed by atoms with van der Waals surface area (Å²) < 4.78 is 13.0. The monoisotopic (exact) mass is 251 g/mol. The molecular weight excluding hydrogens is 245 g/mol. The van der Waals surface area contributed by atoms with Crippen LogP contribution in [0.25, 0.3) is 0 Å². The number of hydrogen-bond acceptors (Lipinski definition) is 5. The number of aromatic amines is 1. The number of nitro groups is 1. The third-order valence-electron chi connectivity index (χ3n) is 2.03. The van der Waals surface area contributed by atoms with Gasteiger partial charge in [-0.3, -0.25) is 20.0 Å². The molecule has 2 rings (SSSR count). The summed E-state index contributed by atoms with van der Waals surface area (Å²) in [7, 11) is 0. The molecule has 0 unspecified atom stereocenters. The first-order valence-electron chi connectivity index (χ1n) is 4.68. The Kier molecular flexibility index (Phi) is 2.96. The maximum atomic E-state index is 13.0. The van der Waals surface area contributed by atoms with E-state index < -0.39 is 22.3 Å². The van der Waals surface area contributed by atoms with Gasteiger partial charge >= 0.3 is 0 Å². The summed E-state index contributed by atoms with van der Waals surface area (Å²) in [5.41, 5.74) is -0.661. The smallest absolute Gasteiger partial charge is 0.293 e. The average molecular weight is 251 g/mol. The standard InChI is InChI=1S/C9H6FN5O3/c10-5-1-2-7(15(17)18)6(3-5)13-9(16)8-11-4-12-14-8/h1-4H,(H,13,16)(H,11,12,14). The summed E-state index contributed by atoms with van der Waals surface area (Å²) >= 11 is 0. The molecule has 0 aliphatic heterocycles. The molecule has 1 heterocycles. The highest BCUT2D eigenvalue weighted by atomic mass is 19.1. The van der Waals surface area contributed by atoms with Gasteiger partial charge in [0.2, 0.25) is 5.82 Å². The van der Waals surface area contributed by atoms with Crippen LogP contribution < -0.4 is 5.32 Å². The quantitative estimate of drug-likeness (QED) is 0.626. The van der Waals surface area contributed by atoms with Gasteiger partial charge in [0.05, 0.1) is 4.92 Å². The molecule has 2 N–H and O–H groups in total. The largest absolute Gasteiger partial charge is 0.313 e. The maximum absolute atomic E-state index is 13.0. The van der Waals surface area contributed by atoms with E-state index in [-0.39, 0.29) is 11.5 Å². The van der Waals surface area contributed by atoms with Crippen molar-refractivity contribution < 1.29 is 14.1 Å². The zero-order chi connectivity index (χ0) is 13.1. The summed E-state index contributed by atoms with van der Waals surface area (Å²) in [4.78, 5) is 25.1. The number of halogens is 1. The van der Waals surface area contributed by atoms with Crippen molar-refractivity contribution in [3.8, 4) is 0 Å². The molecule has 92 valence electrons. The van der Waals surface area contributed by atoms with Crippen molar-refractivity contribution in [3.05, 3.63) is 46.3 Å². The maximum Gasteiger partial charge on any atom is 0.293 e. The molecule has 0 fully saturated rings. The number of hydrogen-bond donors (Lipinski definition) is 2. The molecule has 0 aliphatic carbocycles. The van der Waals surface area contributed by atoms with E-state index in [1.54, 1.807) is 0 Å². The molecule has 9 heteroatoms. The molecule has 0 aliphatic rings. The highest BCUT2D eigenvalue weighted by Crippen LogP contribution is 2.25. The highest BCUT2D eigenvalue weighted by Gasteiger charge is 2.18. The van der Waals surface area contributed by atoms with E-state index in [0.717, 1.165) is 24.5 Å². The fourth-order valence-corrected chi connectivity index (χ4v) is 1.26. The highest BCUT2D eigenvalue weighted by molar-refractivity contribution is 6.02. The molecule has 0 spiro atoms. The van der Waals surface area contributed by atoms with Gasteiger partial charge in [0.1, 0.15) is 17.8 Å². The number of aromatic nitrogens is 3. The van der Waals surface area contributed by atoms with Crippen LogP contribution >= 0.6 is 0 Å². The summed E-state index contributed by atoms with van der Waals surface area (Å²) in [6.45, 7) is 0. The third-order valence-corrected chi connectivity index (χ3v) is 2.03. The molecule has 2 aromatic rings. The molecule has 0 saturated carbocycles. The Morgan fingerprint density at radius 2 is 2.28 bits per heavy atom.